The molecule has 1 aliphatic heterocycles. The van der Waals surface area contributed by atoms with Crippen LogP contribution in [0, 0.1) is 0 Å². The van der Waals surface area contributed by atoms with Crippen LogP contribution in [0.3, 0.4) is 0 Å². The molecule has 2 aromatic rings. The van der Waals surface area contributed by atoms with Crippen molar-refractivity contribution in [3.63, 3.8) is 0 Å². The molecule has 0 amide bonds. The molecule has 86 valence electrons. The van der Waals surface area contributed by atoms with E-state index in [-0.39, 0.29) is 4.87 Å². The SMILES string of the molecule is c1ccc(C2(c3ccccc3)NCCS2)cc1. The average molecular weight is 241 g/mol. The van der Waals surface area contributed by atoms with E-state index in [1.165, 1.54) is 11.1 Å². The van der Waals surface area contributed by atoms with Gasteiger partial charge in [0.15, 0.2) is 0 Å². The van der Waals surface area contributed by atoms with Gasteiger partial charge in [-0.3, -0.25) is 5.32 Å². The third-order valence-corrected chi connectivity index (χ3v) is 4.61. The molecule has 1 aliphatic rings. The quantitative estimate of drug-likeness (QED) is 0.866. The van der Waals surface area contributed by atoms with E-state index in [0.29, 0.717) is 0 Å². The lowest BCUT2D eigenvalue weighted by Gasteiger charge is -2.29. The lowest BCUT2D eigenvalue weighted by molar-refractivity contribution is 0.611. The topological polar surface area (TPSA) is 12.0 Å². The fraction of sp³-hybridized carbons (Fsp3) is 0.200. The van der Waals surface area contributed by atoms with Crippen molar-refractivity contribution >= 4 is 11.8 Å². The Hall–Kier alpha value is -1.25. The van der Waals surface area contributed by atoms with Gasteiger partial charge in [0.1, 0.15) is 4.87 Å². The molecule has 1 N–H and O–H groups in total. The molecule has 0 aromatic heterocycles. The predicted molar refractivity (Wildman–Crippen MR) is 74.1 cm³/mol. The van der Waals surface area contributed by atoms with Crippen LogP contribution in [-0.2, 0) is 4.87 Å². The molecule has 0 bridgehead atoms. The number of nitrogens with one attached hydrogen (secondary N) is 1. The average Bonchev–Trinajstić information content (AvgIpc) is 2.91. The van der Waals surface area contributed by atoms with Gasteiger partial charge in [-0.2, -0.15) is 0 Å². The van der Waals surface area contributed by atoms with Crippen molar-refractivity contribution in [3.8, 4) is 0 Å². The summed E-state index contributed by atoms with van der Waals surface area (Å²) in [5.74, 6) is 1.16. The van der Waals surface area contributed by atoms with Crippen molar-refractivity contribution in [2.24, 2.45) is 0 Å². The molecular weight excluding hydrogens is 226 g/mol. The van der Waals surface area contributed by atoms with Crippen LogP contribution in [0.2, 0.25) is 0 Å². The first kappa shape index (κ1) is 10.9. The van der Waals surface area contributed by atoms with Crippen molar-refractivity contribution in [2.45, 2.75) is 4.87 Å². The fourth-order valence-corrected chi connectivity index (χ4v) is 3.69. The highest BCUT2D eigenvalue weighted by atomic mass is 32.2. The van der Waals surface area contributed by atoms with Gasteiger partial charge in [-0.1, -0.05) is 60.7 Å². The van der Waals surface area contributed by atoms with Gasteiger partial charge in [-0.15, -0.1) is 11.8 Å². The first-order valence-electron chi connectivity index (χ1n) is 5.92. The molecule has 2 heteroatoms. The van der Waals surface area contributed by atoms with E-state index in [1.807, 2.05) is 11.8 Å². The van der Waals surface area contributed by atoms with Crippen molar-refractivity contribution in [2.75, 3.05) is 12.3 Å². The second-order valence-corrected chi connectivity index (χ2v) is 5.50. The summed E-state index contributed by atoms with van der Waals surface area (Å²) in [5.41, 5.74) is 2.68. The summed E-state index contributed by atoms with van der Waals surface area (Å²) in [4.78, 5) is -0.0531. The highest BCUT2D eigenvalue weighted by molar-refractivity contribution is 8.00. The summed E-state index contributed by atoms with van der Waals surface area (Å²) in [6.07, 6.45) is 0. The van der Waals surface area contributed by atoms with E-state index < -0.39 is 0 Å². The van der Waals surface area contributed by atoms with Crippen LogP contribution in [0.4, 0.5) is 0 Å². The van der Waals surface area contributed by atoms with Crippen LogP contribution in [0.15, 0.2) is 60.7 Å². The van der Waals surface area contributed by atoms with Crippen molar-refractivity contribution < 1.29 is 0 Å². The molecule has 1 nitrogen and oxygen atoms in total. The molecule has 0 spiro atoms. The van der Waals surface area contributed by atoms with Gasteiger partial charge in [0, 0.05) is 12.3 Å². The molecule has 0 atom stereocenters. The Bertz CT molecular complexity index is 433. The number of benzene rings is 2. The normalized spacial score (nSPS) is 18.1. The minimum Gasteiger partial charge on any atom is -0.294 e. The standard InChI is InChI=1S/C15H15NS/c1-3-7-13(8-4-1)15(16-11-12-17-15)14-9-5-2-6-10-14/h1-10,16H,11-12H2. The van der Waals surface area contributed by atoms with Crippen LogP contribution in [0.25, 0.3) is 0 Å². The van der Waals surface area contributed by atoms with Gasteiger partial charge in [0.2, 0.25) is 0 Å². The lowest BCUT2D eigenvalue weighted by atomic mass is 9.98. The number of rotatable bonds is 2. The minimum absolute atomic E-state index is 0.0531. The zero-order valence-electron chi connectivity index (χ0n) is 9.60. The zero-order chi connectivity index (χ0) is 11.6. The highest BCUT2D eigenvalue weighted by Crippen LogP contribution is 2.43. The Kier molecular flexibility index (Phi) is 2.91. The second-order valence-electron chi connectivity index (χ2n) is 4.19. The molecule has 0 unspecified atom stereocenters. The Labute approximate surface area is 106 Å². The second kappa shape index (κ2) is 4.55. The molecule has 1 fully saturated rings. The highest BCUT2D eigenvalue weighted by Gasteiger charge is 2.37. The van der Waals surface area contributed by atoms with E-state index in [4.69, 9.17) is 0 Å². The summed E-state index contributed by atoms with van der Waals surface area (Å²) in [7, 11) is 0. The smallest absolute Gasteiger partial charge is 0.116 e. The monoisotopic (exact) mass is 241 g/mol. The van der Waals surface area contributed by atoms with E-state index in [1.54, 1.807) is 0 Å². The minimum atomic E-state index is -0.0531. The first-order valence-corrected chi connectivity index (χ1v) is 6.90. The summed E-state index contributed by atoms with van der Waals surface area (Å²) < 4.78 is 0. The van der Waals surface area contributed by atoms with Crippen molar-refractivity contribution in [1.29, 1.82) is 0 Å². The molecule has 17 heavy (non-hydrogen) atoms. The molecule has 0 radical (unpaired) electrons. The van der Waals surface area contributed by atoms with Crippen LogP contribution in [0.1, 0.15) is 11.1 Å². The van der Waals surface area contributed by atoms with E-state index >= 15 is 0 Å². The predicted octanol–water partition coefficient (Wildman–Crippen LogP) is 3.22. The van der Waals surface area contributed by atoms with Gasteiger partial charge >= 0.3 is 0 Å². The molecular formula is C15H15NS. The first-order chi connectivity index (χ1) is 8.42. The van der Waals surface area contributed by atoms with Gasteiger partial charge in [-0.05, 0) is 11.1 Å². The Morgan fingerprint density at radius 2 is 1.35 bits per heavy atom. The third kappa shape index (κ3) is 1.88. The number of hydrogen-bond donors (Lipinski definition) is 1. The third-order valence-electron chi connectivity index (χ3n) is 3.16. The summed E-state index contributed by atoms with van der Waals surface area (Å²) >= 11 is 1.98. The summed E-state index contributed by atoms with van der Waals surface area (Å²) in [5, 5.41) is 3.67. The number of thioether (sulfide) groups is 1. The van der Waals surface area contributed by atoms with Crippen LogP contribution < -0.4 is 5.32 Å². The van der Waals surface area contributed by atoms with E-state index in [0.717, 1.165) is 12.3 Å². The Morgan fingerprint density at radius 3 is 1.76 bits per heavy atom. The largest absolute Gasteiger partial charge is 0.294 e. The molecule has 0 aliphatic carbocycles. The maximum absolute atomic E-state index is 3.67. The van der Waals surface area contributed by atoms with Gasteiger partial charge in [0.05, 0.1) is 0 Å². The van der Waals surface area contributed by atoms with E-state index in [2.05, 4.69) is 66.0 Å². The number of hydrogen-bond acceptors (Lipinski definition) is 2. The van der Waals surface area contributed by atoms with Crippen LogP contribution in [0.5, 0.6) is 0 Å². The van der Waals surface area contributed by atoms with Crippen molar-refractivity contribution in [3.05, 3.63) is 71.8 Å². The van der Waals surface area contributed by atoms with Gasteiger partial charge in [0.25, 0.3) is 0 Å². The maximum atomic E-state index is 3.67. The summed E-state index contributed by atoms with van der Waals surface area (Å²) in [6, 6.07) is 21.4. The maximum Gasteiger partial charge on any atom is 0.116 e. The Balaban J connectivity index is 2.11. The van der Waals surface area contributed by atoms with Crippen LogP contribution in [-0.4, -0.2) is 12.3 Å². The summed E-state index contributed by atoms with van der Waals surface area (Å²) in [6.45, 7) is 1.06. The molecule has 3 rings (SSSR count). The van der Waals surface area contributed by atoms with Crippen LogP contribution >= 0.6 is 11.8 Å². The van der Waals surface area contributed by atoms with Gasteiger partial charge < -0.3 is 0 Å². The molecule has 1 heterocycles. The molecule has 2 aromatic carbocycles. The van der Waals surface area contributed by atoms with Crippen molar-refractivity contribution in [1.82, 2.24) is 5.32 Å². The Morgan fingerprint density at radius 1 is 0.824 bits per heavy atom. The van der Waals surface area contributed by atoms with Gasteiger partial charge in [-0.25, -0.2) is 0 Å². The fourth-order valence-electron chi connectivity index (χ4n) is 2.37. The van der Waals surface area contributed by atoms with E-state index in [9.17, 15) is 0 Å². The molecule has 0 saturated carbocycles. The lowest BCUT2D eigenvalue weighted by Crippen LogP contribution is -2.35. The molecule has 1 saturated heterocycles. The zero-order valence-corrected chi connectivity index (χ0v) is 10.4.